The highest BCUT2D eigenvalue weighted by Crippen LogP contribution is 2.16. The second-order valence-electron chi connectivity index (χ2n) is 2.78. The van der Waals surface area contributed by atoms with Crippen molar-refractivity contribution in [1.82, 2.24) is 4.98 Å². The minimum absolute atomic E-state index is 0.159. The maximum Gasteiger partial charge on any atom is 0.140 e. The Bertz CT molecular complexity index is 348. The van der Waals surface area contributed by atoms with Crippen molar-refractivity contribution >= 4 is 0 Å². The van der Waals surface area contributed by atoms with E-state index in [4.69, 9.17) is 15.5 Å². The van der Waals surface area contributed by atoms with Gasteiger partial charge in [-0.3, -0.25) is 0 Å². The Morgan fingerprint density at radius 2 is 2.21 bits per heavy atom. The number of nitriles is 1. The van der Waals surface area contributed by atoms with Crippen LogP contribution in [0.15, 0.2) is 18.3 Å². The first-order valence-corrected chi connectivity index (χ1v) is 4.02. The van der Waals surface area contributed by atoms with Gasteiger partial charge in [0.15, 0.2) is 0 Å². The van der Waals surface area contributed by atoms with Crippen molar-refractivity contribution in [3.8, 4) is 6.07 Å². The topological polar surface area (TPSA) is 97.4 Å². The molecule has 14 heavy (non-hydrogen) atoms. The number of nitrogens with zero attached hydrogens (tertiary/aromatic N) is 2. The molecule has 0 aromatic carbocycles. The number of aliphatic hydroxyl groups is 3. The predicted molar refractivity (Wildman–Crippen MR) is 47.0 cm³/mol. The molecule has 0 amide bonds. The van der Waals surface area contributed by atoms with E-state index in [0.717, 1.165) is 0 Å². The van der Waals surface area contributed by atoms with Crippen molar-refractivity contribution in [3.05, 3.63) is 29.6 Å². The number of aromatic nitrogens is 1. The van der Waals surface area contributed by atoms with E-state index in [-0.39, 0.29) is 5.69 Å². The minimum Gasteiger partial charge on any atom is -0.394 e. The third-order valence-corrected chi connectivity index (χ3v) is 1.79. The fourth-order valence-electron chi connectivity index (χ4n) is 1.01. The van der Waals surface area contributed by atoms with E-state index in [1.807, 2.05) is 6.07 Å². The lowest BCUT2D eigenvalue weighted by atomic mass is 10.1. The highest BCUT2D eigenvalue weighted by Gasteiger charge is 2.17. The average molecular weight is 194 g/mol. The summed E-state index contributed by atoms with van der Waals surface area (Å²) in [5, 5.41) is 35.7. The summed E-state index contributed by atoms with van der Waals surface area (Å²) in [6.45, 7) is -0.536. The van der Waals surface area contributed by atoms with Crippen molar-refractivity contribution in [1.29, 1.82) is 5.26 Å². The van der Waals surface area contributed by atoms with Gasteiger partial charge in [0, 0.05) is 6.20 Å². The van der Waals surface area contributed by atoms with E-state index >= 15 is 0 Å². The molecule has 3 N–H and O–H groups in total. The van der Waals surface area contributed by atoms with Gasteiger partial charge in [-0.15, -0.1) is 0 Å². The summed E-state index contributed by atoms with van der Waals surface area (Å²) in [7, 11) is 0. The Morgan fingerprint density at radius 3 is 2.79 bits per heavy atom. The summed E-state index contributed by atoms with van der Waals surface area (Å²) >= 11 is 0. The SMILES string of the molecule is N#Cc1cc(C(O)C(O)CO)ccn1. The van der Waals surface area contributed by atoms with Gasteiger partial charge in [0.25, 0.3) is 0 Å². The van der Waals surface area contributed by atoms with Gasteiger partial charge in [-0.1, -0.05) is 0 Å². The van der Waals surface area contributed by atoms with E-state index < -0.39 is 18.8 Å². The molecule has 0 aliphatic carbocycles. The van der Waals surface area contributed by atoms with Crippen LogP contribution < -0.4 is 0 Å². The maximum atomic E-state index is 9.46. The molecule has 0 spiro atoms. The summed E-state index contributed by atoms with van der Waals surface area (Å²) in [5.41, 5.74) is 0.518. The normalized spacial score (nSPS) is 14.4. The van der Waals surface area contributed by atoms with Gasteiger partial charge >= 0.3 is 0 Å². The highest BCUT2D eigenvalue weighted by molar-refractivity contribution is 5.27. The number of pyridine rings is 1. The molecule has 0 bridgehead atoms. The van der Waals surface area contributed by atoms with Crippen molar-refractivity contribution in [3.63, 3.8) is 0 Å². The second-order valence-corrected chi connectivity index (χ2v) is 2.78. The van der Waals surface area contributed by atoms with Gasteiger partial charge in [0.1, 0.15) is 24.0 Å². The molecule has 0 saturated carbocycles. The first-order valence-electron chi connectivity index (χ1n) is 4.02. The lowest BCUT2D eigenvalue weighted by Crippen LogP contribution is -2.22. The van der Waals surface area contributed by atoms with Crippen LogP contribution in [0.1, 0.15) is 17.4 Å². The van der Waals surface area contributed by atoms with Crippen LogP contribution in [0.2, 0.25) is 0 Å². The van der Waals surface area contributed by atoms with Gasteiger partial charge in [-0.05, 0) is 17.7 Å². The smallest absolute Gasteiger partial charge is 0.140 e. The fraction of sp³-hybridized carbons (Fsp3) is 0.333. The lowest BCUT2D eigenvalue weighted by Gasteiger charge is -2.15. The van der Waals surface area contributed by atoms with Crippen molar-refractivity contribution < 1.29 is 15.3 Å². The summed E-state index contributed by atoms with van der Waals surface area (Å²) in [4.78, 5) is 3.71. The Hall–Kier alpha value is -1.48. The predicted octanol–water partition coefficient (Wildman–Crippen LogP) is -0.660. The molecule has 1 aromatic heterocycles. The quantitative estimate of drug-likeness (QED) is 0.593. The zero-order chi connectivity index (χ0) is 10.6. The molecule has 0 aliphatic rings. The molecule has 74 valence electrons. The molecule has 1 aromatic rings. The summed E-state index contributed by atoms with van der Waals surface area (Å²) in [6.07, 6.45) is -1.08. The lowest BCUT2D eigenvalue weighted by molar-refractivity contribution is -0.0153. The molecule has 0 saturated heterocycles. The van der Waals surface area contributed by atoms with Crippen molar-refractivity contribution in [2.75, 3.05) is 6.61 Å². The maximum absolute atomic E-state index is 9.46. The first-order chi connectivity index (χ1) is 6.69. The fourth-order valence-corrected chi connectivity index (χ4v) is 1.01. The number of aliphatic hydroxyl groups excluding tert-OH is 3. The van der Waals surface area contributed by atoms with E-state index in [2.05, 4.69) is 4.98 Å². The van der Waals surface area contributed by atoms with Crippen LogP contribution in [-0.4, -0.2) is 33.0 Å². The summed E-state index contributed by atoms with van der Waals surface area (Å²) in [6, 6.07) is 4.65. The molecule has 1 heterocycles. The number of rotatable bonds is 3. The van der Waals surface area contributed by atoms with Crippen LogP contribution in [-0.2, 0) is 0 Å². The van der Waals surface area contributed by atoms with Crippen molar-refractivity contribution in [2.45, 2.75) is 12.2 Å². The third kappa shape index (κ3) is 2.26. The van der Waals surface area contributed by atoms with E-state index in [9.17, 15) is 5.11 Å². The molecular weight excluding hydrogens is 184 g/mol. The van der Waals surface area contributed by atoms with Gasteiger partial charge in [0.05, 0.1) is 6.61 Å². The van der Waals surface area contributed by atoms with E-state index in [0.29, 0.717) is 5.56 Å². The van der Waals surface area contributed by atoms with Crippen LogP contribution in [0, 0.1) is 11.3 Å². The molecule has 2 unspecified atom stereocenters. The molecule has 0 fully saturated rings. The van der Waals surface area contributed by atoms with Gasteiger partial charge in [-0.25, -0.2) is 4.98 Å². The first kappa shape index (κ1) is 10.6. The highest BCUT2D eigenvalue weighted by atomic mass is 16.4. The Kier molecular flexibility index (Phi) is 3.54. The molecule has 5 heteroatoms. The Morgan fingerprint density at radius 1 is 1.50 bits per heavy atom. The summed E-state index contributed by atoms with van der Waals surface area (Å²) in [5.74, 6) is 0. The largest absolute Gasteiger partial charge is 0.394 e. The summed E-state index contributed by atoms with van der Waals surface area (Å²) < 4.78 is 0. The zero-order valence-corrected chi connectivity index (χ0v) is 7.33. The monoisotopic (exact) mass is 194 g/mol. The van der Waals surface area contributed by atoms with Crippen LogP contribution in [0.4, 0.5) is 0 Å². The standard InChI is InChI=1S/C9H10N2O3/c10-4-7-3-6(1-2-11-7)9(14)8(13)5-12/h1-3,8-9,12-14H,5H2. The van der Waals surface area contributed by atoms with E-state index in [1.165, 1.54) is 18.3 Å². The Balaban J connectivity index is 2.91. The zero-order valence-electron chi connectivity index (χ0n) is 7.33. The molecule has 5 nitrogen and oxygen atoms in total. The molecule has 1 rings (SSSR count). The third-order valence-electron chi connectivity index (χ3n) is 1.79. The molecule has 0 aliphatic heterocycles. The minimum atomic E-state index is -1.25. The molecule has 2 atom stereocenters. The number of hydrogen-bond acceptors (Lipinski definition) is 5. The molecule has 0 radical (unpaired) electrons. The van der Waals surface area contributed by atoms with Crippen molar-refractivity contribution in [2.24, 2.45) is 0 Å². The number of hydrogen-bond donors (Lipinski definition) is 3. The van der Waals surface area contributed by atoms with Crippen LogP contribution >= 0.6 is 0 Å². The Labute approximate surface area is 80.9 Å². The van der Waals surface area contributed by atoms with E-state index in [1.54, 1.807) is 0 Å². The van der Waals surface area contributed by atoms with Gasteiger partial charge in [0.2, 0.25) is 0 Å². The molecular formula is C9H10N2O3. The van der Waals surface area contributed by atoms with Crippen LogP contribution in [0.5, 0.6) is 0 Å². The van der Waals surface area contributed by atoms with Gasteiger partial charge < -0.3 is 15.3 Å². The van der Waals surface area contributed by atoms with Gasteiger partial charge in [-0.2, -0.15) is 5.26 Å². The van der Waals surface area contributed by atoms with Crippen LogP contribution in [0.25, 0.3) is 0 Å². The van der Waals surface area contributed by atoms with Crippen LogP contribution in [0.3, 0.4) is 0 Å². The second kappa shape index (κ2) is 4.67. The average Bonchev–Trinajstić information content (AvgIpc) is 2.27.